The Bertz CT molecular complexity index is 1110. The average molecular weight is 435 g/mol. The number of hydrogen-bond donors (Lipinski definition) is 2. The Morgan fingerprint density at radius 1 is 1.10 bits per heavy atom. The summed E-state index contributed by atoms with van der Waals surface area (Å²) >= 11 is 1.15. The van der Waals surface area contributed by atoms with Crippen molar-refractivity contribution in [3.8, 4) is 0 Å². The third-order valence-electron chi connectivity index (χ3n) is 4.63. The van der Waals surface area contributed by atoms with E-state index in [0.29, 0.717) is 4.88 Å². The first-order chi connectivity index (χ1) is 13.7. The molecule has 2 atom stereocenters. The van der Waals surface area contributed by atoms with E-state index in [1.54, 1.807) is 29.6 Å². The van der Waals surface area contributed by atoms with E-state index in [9.17, 15) is 27.6 Å². The van der Waals surface area contributed by atoms with Crippen LogP contribution >= 0.6 is 11.3 Å². The summed E-state index contributed by atoms with van der Waals surface area (Å²) in [6.07, 6.45) is 0. The molecule has 0 bridgehead atoms. The Morgan fingerprint density at radius 3 is 2.21 bits per heavy atom. The van der Waals surface area contributed by atoms with Crippen molar-refractivity contribution in [2.24, 2.45) is 0 Å². The quantitative estimate of drug-likeness (QED) is 0.389. The molecule has 4 amide bonds. The molecule has 1 aromatic heterocycles. The Morgan fingerprint density at radius 2 is 1.72 bits per heavy atom. The van der Waals surface area contributed by atoms with Crippen molar-refractivity contribution in [3.05, 3.63) is 57.8 Å². The minimum Gasteiger partial charge on any atom is -0.340 e. The molecule has 12 heteroatoms. The zero-order valence-corrected chi connectivity index (χ0v) is 16.1. The predicted molar refractivity (Wildman–Crippen MR) is 99.2 cm³/mol. The van der Waals surface area contributed by atoms with Gasteiger partial charge < -0.3 is 5.32 Å². The van der Waals surface area contributed by atoms with Crippen molar-refractivity contribution in [1.29, 1.82) is 0 Å². The molecule has 4 rings (SSSR count). The molecule has 2 aliphatic rings. The van der Waals surface area contributed by atoms with Gasteiger partial charge in [0.25, 0.3) is 17.7 Å². The molecule has 0 aliphatic carbocycles. The second-order valence-electron chi connectivity index (χ2n) is 6.35. The SMILES string of the molecule is O=C(NC1CN(S(=O)(=O)O)C1=O)C(c1cccs1)N1C(=O)c2ccccc2C1=O. The van der Waals surface area contributed by atoms with Crippen molar-refractivity contribution in [2.45, 2.75) is 12.1 Å². The van der Waals surface area contributed by atoms with E-state index in [-0.39, 0.29) is 15.4 Å². The summed E-state index contributed by atoms with van der Waals surface area (Å²) in [5.74, 6) is -3.10. The van der Waals surface area contributed by atoms with Gasteiger partial charge in [-0.25, -0.2) is 4.31 Å². The van der Waals surface area contributed by atoms with Crippen LogP contribution < -0.4 is 5.32 Å². The van der Waals surface area contributed by atoms with E-state index in [4.69, 9.17) is 4.55 Å². The average Bonchev–Trinajstić information content (AvgIpc) is 3.27. The largest absolute Gasteiger partial charge is 0.362 e. The van der Waals surface area contributed by atoms with Gasteiger partial charge in [0.2, 0.25) is 5.91 Å². The van der Waals surface area contributed by atoms with Gasteiger partial charge >= 0.3 is 10.3 Å². The molecule has 10 nitrogen and oxygen atoms in total. The second-order valence-corrected chi connectivity index (χ2v) is 8.67. The maximum absolute atomic E-state index is 12.9. The molecule has 3 heterocycles. The van der Waals surface area contributed by atoms with E-state index in [0.717, 1.165) is 16.2 Å². The number of imide groups is 1. The highest BCUT2D eigenvalue weighted by molar-refractivity contribution is 7.84. The monoisotopic (exact) mass is 435 g/mol. The molecule has 150 valence electrons. The Hall–Kier alpha value is -3.09. The van der Waals surface area contributed by atoms with Crippen molar-refractivity contribution in [2.75, 3.05) is 6.54 Å². The molecule has 0 spiro atoms. The third kappa shape index (κ3) is 3.10. The van der Waals surface area contributed by atoms with Crippen LogP contribution in [0.1, 0.15) is 31.6 Å². The number of β-lactam (4-membered cyclic amide) rings is 1. The van der Waals surface area contributed by atoms with Crippen LogP contribution in [0.15, 0.2) is 41.8 Å². The number of rotatable bonds is 5. The van der Waals surface area contributed by atoms with E-state index >= 15 is 0 Å². The van der Waals surface area contributed by atoms with Crippen molar-refractivity contribution in [1.82, 2.24) is 14.5 Å². The number of carbonyl (C=O) groups is 4. The van der Waals surface area contributed by atoms with Gasteiger partial charge in [-0.3, -0.25) is 28.6 Å². The number of benzene rings is 1. The van der Waals surface area contributed by atoms with Crippen LogP contribution in [0, 0.1) is 0 Å². The molecular weight excluding hydrogens is 422 g/mol. The molecule has 1 fully saturated rings. The maximum Gasteiger partial charge on any atom is 0.362 e. The normalized spacial score (nSPS) is 19.8. The van der Waals surface area contributed by atoms with Crippen LogP contribution in [0.25, 0.3) is 0 Å². The summed E-state index contributed by atoms with van der Waals surface area (Å²) in [4.78, 5) is 51.7. The van der Waals surface area contributed by atoms with Crippen molar-refractivity contribution in [3.63, 3.8) is 0 Å². The van der Waals surface area contributed by atoms with E-state index < -0.39 is 52.6 Å². The first kappa shape index (κ1) is 19.2. The number of amides is 4. The third-order valence-corrected chi connectivity index (χ3v) is 6.44. The van der Waals surface area contributed by atoms with Crippen molar-refractivity contribution >= 4 is 45.3 Å². The molecule has 0 radical (unpaired) electrons. The fraction of sp³-hybridized carbons (Fsp3) is 0.176. The fourth-order valence-electron chi connectivity index (χ4n) is 3.22. The van der Waals surface area contributed by atoms with Crippen LogP contribution in [0.5, 0.6) is 0 Å². The lowest BCUT2D eigenvalue weighted by atomic mass is 10.1. The van der Waals surface area contributed by atoms with Gasteiger partial charge in [-0.1, -0.05) is 18.2 Å². The minimum atomic E-state index is -4.70. The van der Waals surface area contributed by atoms with Gasteiger partial charge in [0, 0.05) is 4.88 Å². The van der Waals surface area contributed by atoms with Gasteiger partial charge in [0.1, 0.15) is 6.04 Å². The highest BCUT2D eigenvalue weighted by Crippen LogP contribution is 2.34. The lowest BCUT2D eigenvalue weighted by molar-refractivity contribution is -0.141. The second kappa shape index (κ2) is 6.76. The molecule has 2 aromatic rings. The van der Waals surface area contributed by atoms with Crippen LogP contribution in [-0.2, 0) is 19.9 Å². The predicted octanol–water partition coefficient (Wildman–Crippen LogP) is 0.215. The highest BCUT2D eigenvalue weighted by Gasteiger charge is 2.48. The summed E-state index contributed by atoms with van der Waals surface area (Å²) in [5, 5.41) is 4.03. The minimum absolute atomic E-state index is 0.170. The van der Waals surface area contributed by atoms with Gasteiger partial charge in [0.05, 0.1) is 17.7 Å². The number of hydrogen-bond acceptors (Lipinski definition) is 7. The number of carbonyl (C=O) groups excluding carboxylic acids is 4. The smallest absolute Gasteiger partial charge is 0.340 e. The van der Waals surface area contributed by atoms with Gasteiger partial charge in [0.15, 0.2) is 6.04 Å². The Balaban J connectivity index is 1.62. The summed E-state index contributed by atoms with van der Waals surface area (Å²) in [7, 11) is -4.70. The molecule has 1 saturated heterocycles. The first-order valence-electron chi connectivity index (χ1n) is 8.30. The molecule has 29 heavy (non-hydrogen) atoms. The molecular formula is C17H13N3O7S2. The highest BCUT2D eigenvalue weighted by atomic mass is 32.2. The maximum atomic E-state index is 12.9. The van der Waals surface area contributed by atoms with Crippen LogP contribution in [0.4, 0.5) is 0 Å². The van der Waals surface area contributed by atoms with E-state index in [2.05, 4.69) is 5.32 Å². The van der Waals surface area contributed by atoms with Gasteiger partial charge in [-0.05, 0) is 23.6 Å². The van der Waals surface area contributed by atoms with Crippen LogP contribution in [0.2, 0.25) is 0 Å². The molecule has 2 N–H and O–H groups in total. The molecule has 2 aliphatic heterocycles. The summed E-state index contributed by atoms with van der Waals surface area (Å²) in [6, 6.07) is 6.88. The van der Waals surface area contributed by atoms with E-state index in [1.807, 2.05) is 0 Å². The lowest BCUT2D eigenvalue weighted by Crippen LogP contribution is -2.66. The number of thiophene rings is 1. The van der Waals surface area contributed by atoms with Gasteiger partial charge in [-0.15, -0.1) is 11.3 Å². The number of nitrogens with one attached hydrogen (secondary N) is 1. The molecule has 2 unspecified atom stereocenters. The first-order valence-corrected chi connectivity index (χ1v) is 10.6. The van der Waals surface area contributed by atoms with Crippen molar-refractivity contribution < 1.29 is 32.1 Å². The molecule has 0 saturated carbocycles. The zero-order valence-electron chi connectivity index (χ0n) is 14.5. The summed E-state index contributed by atoms with van der Waals surface area (Å²) in [5.41, 5.74) is 0.341. The summed E-state index contributed by atoms with van der Waals surface area (Å²) < 4.78 is 31.2. The summed E-state index contributed by atoms with van der Waals surface area (Å²) in [6.45, 7) is -0.442. The van der Waals surface area contributed by atoms with Crippen LogP contribution in [0.3, 0.4) is 0 Å². The number of nitrogens with zero attached hydrogens (tertiary/aromatic N) is 2. The van der Waals surface area contributed by atoms with E-state index in [1.165, 1.54) is 12.1 Å². The molecule has 1 aromatic carbocycles. The van der Waals surface area contributed by atoms with Gasteiger partial charge in [-0.2, -0.15) is 8.42 Å². The van der Waals surface area contributed by atoms with Crippen LogP contribution in [-0.4, -0.2) is 58.4 Å². The number of fused-ring (bicyclic) bond motifs is 1. The Labute approximate surface area is 168 Å². The standard InChI is InChI=1S/C17H13N3O7S2/c21-14(18-11-8-19(17(11)24)29(25,26)27)13(12-6-3-7-28-12)20-15(22)9-4-1-2-5-10(9)16(20)23/h1-7,11,13H,8H2,(H,18,21)(H,25,26,27). The lowest BCUT2D eigenvalue weighted by Gasteiger charge is -2.36. The zero-order chi connectivity index (χ0) is 20.9. The Kier molecular flexibility index (Phi) is 4.48. The topological polar surface area (TPSA) is 141 Å². The fourth-order valence-corrected chi connectivity index (χ4v) is 4.73.